The first-order valence-electron chi connectivity index (χ1n) is 14.5. The van der Waals surface area contributed by atoms with Gasteiger partial charge in [0.05, 0.1) is 11.9 Å². The lowest BCUT2D eigenvalue weighted by atomic mass is 10.0. The molecule has 2 amide bonds. The summed E-state index contributed by atoms with van der Waals surface area (Å²) in [4.78, 5) is 29.2. The standard InChI is InChI=1S/C32H37Cl2N3O6S/c1-3-4-17-35-32(39)28(19-23-10-6-5-7-11-23)36(21-25-26(33)12-8-13-27(25)34)31(38)14-9-18-37(44(2,40)41)24-15-16-29-30(20-24)43-22-42-29/h5-8,10-13,15-16,20,28H,3-4,9,14,17-19,21-22H2,1-2H3,(H,35,39). The Kier molecular flexibility index (Phi) is 11.8. The molecule has 3 aromatic rings. The van der Waals surface area contributed by atoms with Crippen LogP contribution in [0.4, 0.5) is 5.69 Å². The maximum Gasteiger partial charge on any atom is 0.243 e. The van der Waals surface area contributed by atoms with Crippen molar-refractivity contribution >= 4 is 50.7 Å². The van der Waals surface area contributed by atoms with Gasteiger partial charge in [0.25, 0.3) is 0 Å². The highest BCUT2D eigenvalue weighted by atomic mass is 35.5. The second-order valence-corrected chi connectivity index (χ2v) is 13.3. The molecule has 0 aromatic heterocycles. The molecule has 1 aliphatic heterocycles. The quantitative estimate of drug-likeness (QED) is 0.206. The van der Waals surface area contributed by atoms with Gasteiger partial charge in [0.15, 0.2) is 11.5 Å². The molecule has 1 N–H and O–H groups in total. The molecule has 236 valence electrons. The number of amides is 2. The van der Waals surface area contributed by atoms with Crippen molar-refractivity contribution in [3.63, 3.8) is 0 Å². The zero-order chi connectivity index (χ0) is 31.7. The van der Waals surface area contributed by atoms with E-state index in [-0.39, 0.29) is 51.0 Å². The minimum atomic E-state index is -3.68. The summed E-state index contributed by atoms with van der Waals surface area (Å²) < 4.78 is 37.5. The number of unbranched alkanes of at least 4 members (excludes halogenated alkanes) is 1. The van der Waals surface area contributed by atoms with Crippen LogP contribution >= 0.6 is 23.2 Å². The number of nitrogens with one attached hydrogen (secondary N) is 1. The first-order valence-corrected chi connectivity index (χ1v) is 17.1. The number of nitrogens with zero attached hydrogens (tertiary/aromatic N) is 2. The van der Waals surface area contributed by atoms with E-state index in [0.717, 1.165) is 24.7 Å². The van der Waals surface area contributed by atoms with Crippen LogP contribution in [-0.4, -0.2) is 57.3 Å². The molecule has 0 spiro atoms. The summed E-state index contributed by atoms with van der Waals surface area (Å²) in [5, 5.41) is 3.74. The Morgan fingerprint density at radius 1 is 0.955 bits per heavy atom. The number of sulfonamides is 1. The van der Waals surface area contributed by atoms with Crippen molar-refractivity contribution in [1.82, 2.24) is 10.2 Å². The lowest BCUT2D eigenvalue weighted by Crippen LogP contribution is -2.50. The van der Waals surface area contributed by atoms with Crippen LogP contribution in [0, 0.1) is 0 Å². The van der Waals surface area contributed by atoms with Gasteiger partial charge in [-0.05, 0) is 42.7 Å². The Bertz CT molecular complexity index is 1530. The summed E-state index contributed by atoms with van der Waals surface area (Å²) in [6.45, 7) is 2.62. The van der Waals surface area contributed by atoms with Crippen LogP contribution in [0.15, 0.2) is 66.7 Å². The fraction of sp³-hybridized carbons (Fsp3) is 0.375. The van der Waals surface area contributed by atoms with Gasteiger partial charge < -0.3 is 19.7 Å². The summed E-state index contributed by atoms with van der Waals surface area (Å²) in [7, 11) is -3.68. The number of hydrogen-bond acceptors (Lipinski definition) is 6. The van der Waals surface area contributed by atoms with Crippen LogP contribution in [-0.2, 0) is 32.6 Å². The number of carbonyl (C=O) groups is 2. The molecular weight excluding hydrogens is 625 g/mol. The number of anilines is 1. The van der Waals surface area contributed by atoms with Gasteiger partial charge in [0, 0.05) is 54.2 Å². The number of hydrogen-bond donors (Lipinski definition) is 1. The molecule has 0 aliphatic carbocycles. The molecule has 3 aromatic carbocycles. The minimum Gasteiger partial charge on any atom is -0.454 e. The van der Waals surface area contributed by atoms with E-state index in [1.807, 2.05) is 37.3 Å². The average Bonchev–Trinajstić information content (AvgIpc) is 3.46. The fourth-order valence-corrected chi connectivity index (χ4v) is 6.43. The van der Waals surface area contributed by atoms with Crippen molar-refractivity contribution in [2.24, 2.45) is 0 Å². The molecule has 1 heterocycles. The Balaban J connectivity index is 1.60. The highest BCUT2D eigenvalue weighted by Gasteiger charge is 2.31. The van der Waals surface area contributed by atoms with E-state index in [1.165, 1.54) is 9.21 Å². The molecule has 1 aliphatic rings. The van der Waals surface area contributed by atoms with E-state index in [0.29, 0.717) is 39.3 Å². The predicted molar refractivity (Wildman–Crippen MR) is 173 cm³/mol. The molecule has 44 heavy (non-hydrogen) atoms. The smallest absolute Gasteiger partial charge is 0.243 e. The normalized spacial score (nSPS) is 12.9. The van der Waals surface area contributed by atoms with Gasteiger partial charge in [0.1, 0.15) is 6.04 Å². The molecule has 0 bridgehead atoms. The van der Waals surface area contributed by atoms with E-state index >= 15 is 0 Å². The van der Waals surface area contributed by atoms with E-state index in [2.05, 4.69) is 5.32 Å². The van der Waals surface area contributed by atoms with Gasteiger partial charge in [-0.2, -0.15) is 0 Å². The lowest BCUT2D eigenvalue weighted by molar-refractivity contribution is -0.141. The highest BCUT2D eigenvalue weighted by Crippen LogP contribution is 2.36. The summed E-state index contributed by atoms with van der Waals surface area (Å²) in [6, 6.07) is 18.6. The number of carbonyl (C=O) groups excluding carboxylic acids is 2. The number of ether oxygens (including phenoxy) is 2. The van der Waals surface area contributed by atoms with Gasteiger partial charge in [-0.25, -0.2) is 8.42 Å². The molecule has 0 radical (unpaired) electrons. The van der Waals surface area contributed by atoms with Crippen LogP contribution in [0.3, 0.4) is 0 Å². The van der Waals surface area contributed by atoms with Gasteiger partial charge in [-0.3, -0.25) is 13.9 Å². The SMILES string of the molecule is CCCCNC(=O)C(Cc1ccccc1)N(Cc1c(Cl)cccc1Cl)C(=O)CCCN(c1ccc2c(c1)OCO2)S(C)(=O)=O. The molecular formula is C32H37Cl2N3O6S. The summed E-state index contributed by atoms with van der Waals surface area (Å²) in [5.41, 5.74) is 1.82. The monoisotopic (exact) mass is 661 g/mol. The summed E-state index contributed by atoms with van der Waals surface area (Å²) in [5.74, 6) is 0.379. The topological polar surface area (TPSA) is 105 Å². The zero-order valence-corrected chi connectivity index (χ0v) is 27.1. The fourth-order valence-electron chi connectivity index (χ4n) is 4.96. The maximum absolute atomic E-state index is 14.0. The highest BCUT2D eigenvalue weighted by molar-refractivity contribution is 7.92. The predicted octanol–water partition coefficient (Wildman–Crippen LogP) is 5.82. The maximum atomic E-state index is 14.0. The van der Waals surface area contributed by atoms with Crippen molar-refractivity contribution in [2.45, 2.75) is 51.6 Å². The Morgan fingerprint density at radius 2 is 1.66 bits per heavy atom. The molecule has 12 heteroatoms. The third kappa shape index (κ3) is 8.80. The lowest BCUT2D eigenvalue weighted by Gasteiger charge is -2.32. The number of fused-ring (bicyclic) bond motifs is 1. The van der Waals surface area contributed by atoms with Gasteiger partial charge in [0.2, 0.25) is 28.6 Å². The van der Waals surface area contributed by atoms with Crippen molar-refractivity contribution in [1.29, 1.82) is 0 Å². The molecule has 0 saturated carbocycles. The first-order chi connectivity index (χ1) is 21.1. The van der Waals surface area contributed by atoms with Crippen LogP contribution < -0.4 is 19.1 Å². The number of benzene rings is 3. The molecule has 1 atom stereocenters. The van der Waals surface area contributed by atoms with Crippen molar-refractivity contribution in [2.75, 3.05) is 30.4 Å². The van der Waals surface area contributed by atoms with E-state index in [9.17, 15) is 18.0 Å². The molecule has 1 unspecified atom stereocenters. The summed E-state index contributed by atoms with van der Waals surface area (Å²) >= 11 is 13.0. The van der Waals surface area contributed by atoms with Gasteiger partial charge in [-0.1, -0.05) is 72.9 Å². The third-order valence-corrected chi connectivity index (χ3v) is 9.19. The molecule has 4 rings (SSSR count). The molecule has 0 saturated heterocycles. The Morgan fingerprint density at radius 3 is 2.34 bits per heavy atom. The third-order valence-electron chi connectivity index (χ3n) is 7.29. The second kappa shape index (κ2) is 15.5. The largest absolute Gasteiger partial charge is 0.454 e. The number of halogens is 2. The van der Waals surface area contributed by atoms with Crippen LogP contribution in [0.5, 0.6) is 11.5 Å². The summed E-state index contributed by atoms with van der Waals surface area (Å²) in [6.07, 6.45) is 3.27. The Labute approximate surface area is 269 Å². The average molecular weight is 663 g/mol. The van der Waals surface area contributed by atoms with Crippen LogP contribution in [0.1, 0.15) is 43.7 Å². The van der Waals surface area contributed by atoms with Gasteiger partial charge >= 0.3 is 0 Å². The zero-order valence-electron chi connectivity index (χ0n) is 24.8. The van der Waals surface area contributed by atoms with Crippen molar-refractivity contribution in [3.8, 4) is 11.5 Å². The van der Waals surface area contributed by atoms with Crippen LogP contribution in [0.25, 0.3) is 0 Å². The van der Waals surface area contributed by atoms with Crippen molar-refractivity contribution in [3.05, 3.63) is 87.9 Å². The van der Waals surface area contributed by atoms with Crippen molar-refractivity contribution < 1.29 is 27.5 Å². The van der Waals surface area contributed by atoms with E-state index in [4.69, 9.17) is 32.7 Å². The number of rotatable bonds is 15. The van der Waals surface area contributed by atoms with Gasteiger partial charge in [-0.15, -0.1) is 0 Å². The van der Waals surface area contributed by atoms with Crippen LogP contribution in [0.2, 0.25) is 10.0 Å². The van der Waals surface area contributed by atoms with E-state index < -0.39 is 16.1 Å². The second-order valence-electron chi connectivity index (χ2n) is 10.5. The minimum absolute atomic E-state index is 0.00793. The first kappa shape index (κ1) is 33.4. The van der Waals surface area contributed by atoms with E-state index in [1.54, 1.807) is 36.4 Å². The molecule has 0 fully saturated rings. The Hall–Kier alpha value is -3.47. The molecule has 9 nitrogen and oxygen atoms in total.